The van der Waals surface area contributed by atoms with Crippen LogP contribution in [0.4, 0.5) is 0 Å². The van der Waals surface area contributed by atoms with Crippen LogP contribution in [0.5, 0.6) is 0 Å². The highest BCUT2D eigenvalue weighted by Gasteiger charge is 2.12. The second kappa shape index (κ2) is 6.74. The van der Waals surface area contributed by atoms with Gasteiger partial charge in [0.15, 0.2) is 0 Å². The van der Waals surface area contributed by atoms with Crippen molar-refractivity contribution in [3.8, 4) is 0 Å². The average Bonchev–Trinajstić information content (AvgIpc) is 2.66. The fourth-order valence-electron chi connectivity index (χ4n) is 1.56. The molecule has 1 atom stereocenters. The summed E-state index contributed by atoms with van der Waals surface area (Å²) < 4.78 is 10.5. The van der Waals surface area contributed by atoms with Crippen LogP contribution in [-0.2, 0) is 11.3 Å². The first-order valence-corrected chi connectivity index (χ1v) is 5.83. The quantitative estimate of drug-likeness (QED) is 0.779. The first-order valence-electron chi connectivity index (χ1n) is 5.83. The van der Waals surface area contributed by atoms with Gasteiger partial charge in [0, 0.05) is 19.6 Å². The van der Waals surface area contributed by atoms with Crippen molar-refractivity contribution in [2.24, 2.45) is 0 Å². The van der Waals surface area contributed by atoms with Crippen LogP contribution in [0, 0.1) is 0 Å². The number of aliphatic hydroxyl groups excluding tert-OH is 1. The van der Waals surface area contributed by atoms with Crippen molar-refractivity contribution >= 4 is 0 Å². The summed E-state index contributed by atoms with van der Waals surface area (Å²) in [6, 6.07) is 0. The predicted octanol–water partition coefficient (Wildman–Crippen LogP) is 1.24. The van der Waals surface area contributed by atoms with Crippen LogP contribution >= 0.6 is 0 Å². The van der Waals surface area contributed by atoms with Gasteiger partial charge in [-0.1, -0.05) is 13.8 Å². The molecule has 1 N–H and O–H groups in total. The number of oxazole rings is 1. The molecule has 0 amide bonds. The third-order valence-corrected chi connectivity index (χ3v) is 2.43. The number of aliphatic hydroxyl groups is 1. The number of rotatable bonds is 7. The normalized spacial score (nSPS) is 13.6. The van der Waals surface area contributed by atoms with Gasteiger partial charge in [0.2, 0.25) is 5.89 Å². The molecule has 1 unspecified atom stereocenters. The SMILES string of the molecule is COCC(O)CN(C)Cc1ncc(C(C)C)o1. The molecule has 1 heterocycles. The van der Waals surface area contributed by atoms with Gasteiger partial charge in [-0.3, -0.25) is 4.90 Å². The van der Waals surface area contributed by atoms with E-state index in [4.69, 9.17) is 9.15 Å². The molecule has 0 aliphatic rings. The Bertz CT molecular complexity index is 325. The number of ether oxygens (including phenoxy) is 1. The molecule has 1 aromatic heterocycles. The van der Waals surface area contributed by atoms with Crippen molar-refractivity contribution in [2.45, 2.75) is 32.4 Å². The van der Waals surface area contributed by atoms with Gasteiger partial charge in [-0.25, -0.2) is 4.98 Å². The first kappa shape index (κ1) is 14.2. The molecule has 0 saturated carbocycles. The molecule has 0 saturated heterocycles. The monoisotopic (exact) mass is 242 g/mol. The molecular weight excluding hydrogens is 220 g/mol. The van der Waals surface area contributed by atoms with Crippen molar-refractivity contribution in [3.05, 3.63) is 17.8 Å². The van der Waals surface area contributed by atoms with Crippen molar-refractivity contribution < 1.29 is 14.3 Å². The van der Waals surface area contributed by atoms with Crippen LogP contribution in [0.2, 0.25) is 0 Å². The third kappa shape index (κ3) is 4.85. The number of aromatic nitrogens is 1. The van der Waals surface area contributed by atoms with Crippen LogP contribution in [0.1, 0.15) is 31.4 Å². The standard InChI is InChI=1S/C12H22N2O3/c1-9(2)11-5-13-12(17-11)7-14(3)6-10(15)8-16-4/h5,9-10,15H,6-8H2,1-4H3. The summed E-state index contributed by atoms with van der Waals surface area (Å²) in [6.45, 7) is 5.60. The lowest BCUT2D eigenvalue weighted by atomic mass is 10.2. The van der Waals surface area contributed by atoms with E-state index in [-0.39, 0.29) is 0 Å². The van der Waals surface area contributed by atoms with E-state index in [2.05, 4.69) is 18.8 Å². The average molecular weight is 242 g/mol. The van der Waals surface area contributed by atoms with Crippen LogP contribution < -0.4 is 0 Å². The topological polar surface area (TPSA) is 58.7 Å². The minimum Gasteiger partial charge on any atom is -0.444 e. The number of methoxy groups -OCH3 is 1. The maximum absolute atomic E-state index is 9.57. The van der Waals surface area contributed by atoms with Crippen molar-refractivity contribution in [3.63, 3.8) is 0 Å². The Hall–Kier alpha value is -0.910. The number of likely N-dealkylation sites (N-methyl/N-ethyl adjacent to an activating group) is 1. The Labute approximate surface area is 102 Å². The molecule has 1 rings (SSSR count). The molecule has 0 bridgehead atoms. The summed E-state index contributed by atoms with van der Waals surface area (Å²) in [5.74, 6) is 1.92. The Morgan fingerprint density at radius 1 is 1.53 bits per heavy atom. The van der Waals surface area contributed by atoms with E-state index in [1.54, 1.807) is 13.3 Å². The maximum atomic E-state index is 9.57. The summed E-state index contributed by atoms with van der Waals surface area (Å²) in [5.41, 5.74) is 0. The molecular formula is C12H22N2O3. The second-order valence-electron chi connectivity index (χ2n) is 4.62. The van der Waals surface area contributed by atoms with E-state index in [9.17, 15) is 5.11 Å². The van der Waals surface area contributed by atoms with Gasteiger partial charge in [0.05, 0.1) is 25.5 Å². The maximum Gasteiger partial charge on any atom is 0.208 e. The molecule has 1 aromatic rings. The van der Waals surface area contributed by atoms with E-state index in [1.807, 2.05) is 11.9 Å². The van der Waals surface area contributed by atoms with Crippen LogP contribution in [0.3, 0.4) is 0 Å². The Kier molecular flexibility index (Phi) is 5.61. The second-order valence-corrected chi connectivity index (χ2v) is 4.62. The zero-order valence-corrected chi connectivity index (χ0v) is 11.0. The summed E-state index contributed by atoms with van der Waals surface area (Å²) in [4.78, 5) is 6.17. The predicted molar refractivity (Wildman–Crippen MR) is 64.8 cm³/mol. The molecule has 0 aromatic carbocycles. The van der Waals surface area contributed by atoms with Crippen LogP contribution in [0.25, 0.3) is 0 Å². The zero-order valence-electron chi connectivity index (χ0n) is 11.0. The molecule has 5 heteroatoms. The largest absolute Gasteiger partial charge is 0.444 e. The molecule has 5 nitrogen and oxygen atoms in total. The first-order chi connectivity index (χ1) is 8.02. The minimum absolute atomic E-state index is 0.340. The van der Waals surface area contributed by atoms with Gasteiger partial charge in [-0.2, -0.15) is 0 Å². The fourth-order valence-corrected chi connectivity index (χ4v) is 1.56. The number of nitrogens with zero attached hydrogens (tertiary/aromatic N) is 2. The molecule has 0 aliphatic heterocycles. The lowest BCUT2D eigenvalue weighted by Gasteiger charge is -2.18. The number of hydrogen-bond donors (Lipinski definition) is 1. The van der Waals surface area contributed by atoms with Crippen LogP contribution in [-0.4, -0.2) is 48.4 Å². The Morgan fingerprint density at radius 2 is 2.24 bits per heavy atom. The van der Waals surface area contributed by atoms with E-state index in [0.29, 0.717) is 31.5 Å². The van der Waals surface area contributed by atoms with E-state index in [1.165, 1.54) is 0 Å². The zero-order chi connectivity index (χ0) is 12.8. The van der Waals surface area contributed by atoms with Crippen molar-refractivity contribution in [2.75, 3.05) is 27.3 Å². The molecule has 0 spiro atoms. The van der Waals surface area contributed by atoms with E-state index < -0.39 is 6.10 Å². The molecule has 17 heavy (non-hydrogen) atoms. The van der Waals surface area contributed by atoms with Gasteiger partial charge in [-0.15, -0.1) is 0 Å². The fraction of sp³-hybridized carbons (Fsp3) is 0.750. The lowest BCUT2D eigenvalue weighted by molar-refractivity contribution is 0.0403. The van der Waals surface area contributed by atoms with Crippen molar-refractivity contribution in [1.82, 2.24) is 9.88 Å². The molecule has 98 valence electrons. The van der Waals surface area contributed by atoms with E-state index in [0.717, 1.165) is 5.76 Å². The van der Waals surface area contributed by atoms with Gasteiger partial charge in [0.1, 0.15) is 5.76 Å². The summed E-state index contributed by atoms with van der Waals surface area (Å²) in [5, 5.41) is 9.57. The van der Waals surface area contributed by atoms with Gasteiger partial charge >= 0.3 is 0 Å². The van der Waals surface area contributed by atoms with E-state index >= 15 is 0 Å². The summed E-state index contributed by atoms with van der Waals surface area (Å²) in [6.07, 6.45) is 1.28. The highest BCUT2D eigenvalue weighted by molar-refractivity contribution is 4.98. The van der Waals surface area contributed by atoms with Gasteiger partial charge in [0.25, 0.3) is 0 Å². The number of hydrogen-bond acceptors (Lipinski definition) is 5. The summed E-state index contributed by atoms with van der Waals surface area (Å²) >= 11 is 0. The molecule has 0 radical (unpaired) electrons. The lowest BCUT2D eigenvalue weighted by Crippen LogP contribution is -2.31. The Balaban J connectivity index is 2.41. The van der Waals surface area contributed by atoms with Crippen LogP contribution in [0.15, 0.2) is 10.6 Å². The minimum atomic E-state index is -0.482. The van der Waals surface area contributed by atoms with Gasteiger partial charge in [-0.05, 0) is 7.05 Å². The van der Waals surface area contributed by atoms with Crippen molar-refractivity contribution in [1.29, 1.82) is 0 Å². The molecule has 0 fully saturated rings. The third-order valence-electron chi connectivity index (χ3n) is 2.43. The molecule has 0 aliphatic carbocycles. The highest BCUT2D eigenvalue weighted by Crippen LogP contribution is 2.15. The smallest absolute Gasteiger partial charge is 0.208 e. The highest BCUT2D eigenvalue weighted by atomic mass is 16.5. The summed E-state index contributed by atoms with van der Waals surface area (Å²) in [7, 11) is 3.49. The Morgan fingerprint density at radius 3 is 2.76 bits per heavy atom. The van der Waals surface area contributed by atoms with Gasteiger partial charge < -0.3 is 14.3 Å².